The summed E-state index contributed by atoms with van der Waals surface area (Å²) in [6, 6.07) is 19.5. The Labute approximate surface area is 187 Å². The van der Waals surface area contributed by atoms with Crippen LogP contribution >= 0.6 is 23.1 Å². The fourth-order valence-electron chi connectivity index (χ4n) is 3.51. The summed E-state index contributed by atoms with van der Waals surface area (Å²) in [5.74, 6) is 1.01. The van der Waals surface area contributed by atoms with Crippen molar-refractivity contribution in [3.8, 4) is 10.7 Å². The van der Waals surface area contributed by atoms with Gasteiger partial charge in [0.25, 0.3) is 0 Å². The quantitative estimate of drug-likeness (QED) is 0.334. The third-order valence-corrected chi connectivity index (χ3v) is 6.86. The van der Waals surface area contributed by atoms with E-state index in [0.29, 0.717) is 23.7 Å². The zero-order chi connectivity index (χ0) is 21.2. The lowest BCUT2D eigenvalue weighted by atomic mass is 10.1. The van der Waals surface area contributed by atoms with Crippen LogP contribution in [-0.4, -0.2) is 32.2 Å². The molecule has 0 saturated carbocycles. The number of amides is 1. The van der Waals surface area contributed by atoms with Gasteiger partial charge in [-0.15, -0.1) is 21.5 Å². The molecule has 3 heterocycles. The summed E-state index contributed by atoms with van der Waals surface area (Å²) in [6.45, 7) is 0.629. The third kappa shape index (κ3) is 4.17. The molecule has 1 aliphatic rings. The highest BCUT2D eigenvalue weighted by Crippen LogP contribution is 2.29. The molecule has 0 atom stereocenters. The van der Waals surface area contributed by atoms with E-state index in [1.807, 2.05) is 41.8 Å². The van der Waals surface area contributed by atoms with Gasteiger partial charge in [-0.2, -0.15) is 0 Å². The molecule has 0 fully saturated rings. The van der Waals surface area contributed by atoms with Gasteiger partial charge in [0.2, 0.25) is 5.91 Å². The molecule has 1 aliphatic heterocycles. The van der Waals surface area contributed by atoms with Crippen molar-refractivity contribution in [1.29, 1.82) is 0 Å². The summed E-state index contributed by atoms with van der Waals surface area (Å²) in [6.07, 6.45) is 0.319. The first-order valence-corrected chi connectivity index (χ1v) is 11.6. The molecule has 31 heavy (non-hydrogen) atoms. The van der Waals surface area contributed by atoms with Crippen LogP contribution < -0.4 is 5.32 Å². The molecule has 5 rings (SSSR count). The maximum atomic E-state index is 12.8. The highest BCUT2D eigenvalue weighted by Gasteiger charge is 2.20. The number of nitrogens with zero attached hydrogens (tertiary/aromatic N) is 3. The summed E-state index contributed by atoms with van der Waals surface area (Å²) in [5.41, 5.74) is 3.41. The molecule has 0 bridgehead atoms. The van der Waals surface area contributed by atoms with E-state index < -0.39 is 0 Å². The Morgan fingerprint density at radius 3 is 2.77 bits per heavy atom. The zero-order valence-electron chi connectivity index (χ0n) is 16.4. The lowest BCUT2D eigenvalue weighted by molar-refractivity contribution is -0.115. The first kappa shape index (κ1) is 19.7. The molecule has 4 aromatic rings. The molecule has 2 aromatic heterocycles. The maximum Gasteiger partial charge on any atom is 0.228 e. The molecule has 0 radical (unpaired) electrons. The van der Waals surface area contributed by atoms with Gasteiger partial charge in [0.1, 0.15) is 0 Å². The first-order chi connectivity index (χ1) is 15.2. The van der Waals surface area contributed by atoms with Crippen molar-refractivity contribution < 1.29 is 9.59 Å². The molecular formula is C23H18N4O2S2. The second-order valence-electron chi connectivity index (χ2n) is 7.16. The predicted molar refractivity (Wildman–Crippen MR) is 123 cm³/mol. The van der Waals surface area contributed by atoms with Crippen LogP contribution in [0.1, 0.15) is 21.5 Å². The number of Topliss-reactive ketones (excluding diaryl/α,β-unsaturated/α-hetero) is 1. The SMILES string of the molecule is O=C1Cc2cc(C(=O)CSc3nnc(-c4cccs4)n3Cc3ccccc3)ccc2N1. The molecule has 8 heteroatoms. The number of thiophene rings is 1. The summed E-state index contributed by atoms with van der Waals surface area (Å²) in [4.78, 5) is 25.4. The van der Waals surface area contributed by atoms with Crippen molar-refractivity contribution in [3.05, 3.63) is 82.7 Å². The Morgan fingerprint density at radius 1 is 1.10 bits per heavy atom. The van der Waals surface area contributed by atoms with Crippen molar-refractivity contribution >= 4 is 40.5 Å². The number of nitrogens with one attached hydrogen (secondary N) is 1. The van der Waals surface area contributed by atoms with Crippen LogP contribution in [0.15, 0.2) is 71.2 Å². The molecule has 0 aliphatic carbocycles. The molecule has 1 N–H and O–H groups in total. The largest absolute Gasteiger partial charge is 0.326 e. The Balaban J connectivity index is 1.37. The number of hydrogen-bond donors (Lipinski definition) is 1. The summed E-state index contributed by atoms with van der Waals surface area (Å²) in [7, 11) is 0. The van der Waals surface area contributed by atoms with Gasteiger partial charge in [-0.3, -0.25) is 14.2 Å². The zero-order valence-corrected chi connectivity index (χ0v) is 18.1. The monoisotopic (exact) mass is 446 g/mol. The normalized spacial score (nSPS) is 12.6. The molecule has 6 nitrogen and oxygen atoms in total. The van der Waals surface area contributed by atoms with Crippen LogP contribution in [0.2, 0.25) is 0 Å². The number of thioether (sulfide) groups is 1. The second kappa shape index (κ2) is 8.49. The van der Waals surface area contributed by atoms with E-state index in [0.717, 1.165) is 27.5 Å². The van der Waals surface area contributed by atoms with E-state index in [1.165, 1.54) is 11.8 Å². The Hall–Kier alpha value is -3.23. The third-order valence-electron chi connectivity index (χ3n) is 5.03. The molecule has 1 amide bonds. The van der Waals surface area contributed by atoms with Crippen LogP contribution in [0.3, 0.4) is 0 Å². The van der Waals surface area contributed by atoms with Gasteiger partial charge in [-0.1, -0.05) is 48.2 Å². The molecule has 0 spiro atoms. The van der Waals surface area contributed by atoms with Gasteiger partial charge in [-0.25, -0.2) is 0 Å². The topological polar surface area (TPSA) is 76.9 Å². The number of ketones is 1. The number of benzene rings is 2. The number of rotatable bonds is 7. The molecule has 154 valence electrons. The fourth-order valence-corrected chi connectivity index (χ4v) is 5.06. The van der Waals surface area contributed by atoms with Gasteiger partial charge >= 0.3 is 0 Å². The summed E-state index contributed by atoms with van der Waals surface area (Å²) >= 11 is 3.00. The van der Waals surface area contributed by atoms with Gasteiger partial charge < -0.3 is 5.32 Å². The highest BCUT2D eigenvalue weighted by atomic mass is 32.2. The fraction of sp³-hybridized carbons (Fsp3) is 0.130. The number of aromatic nitrogens is 3. The van der Waals surface area contributed by atoms with Gasteiger partial charge in [-0.05, 0) is 40.8 Å². The van der Waals surface area contributed by atoms with Crippen molar-refractivity contribution in [2.75, 3.05) is 11.1 Å². The minimum Gasteiger partial charge on any atom is -0.326 e. The second-order valence-corrected chi connectivity index (χ2v) is 9.05. The Morgan fingerprint density at radius 2 is 1.97 bits per heavy atom. The van der Waals surface area contributed by atoms with Crippen LogP contribution in [0.25, 0.3) is 10.7 Å². The van der Waals surface area contributed by atoms with E-state index in [9.17, 15) is 9.59 Å². The van der Waals surface area contributed by atoms with E-state index >= 15 is 0 Å². The number of fused-ring (bicyclic) bond motifs is 1. The Kier molecular flexibility index (Phi) is 5.40. The predicted octanol–water partition coefficient (Wildman–Crippen LogP) is 4.52. The summed E-state index contributed by atoms with van der Waals surface area (Å²) in [5, 5.41) is 14.3. The van der Waals surface area contributed by atoms with Crippen LogP contribution in [0.4, 0.5) is 5.69 Å². The van der Waals surface area contributed by atoms with Gasteiger partial charge in [0.15, 0.2) is 16.8 Å². The van der Waals surface area contributed by atoms with E-state index in [4.69, 9.17) is 0 Å². The average molecular weight is 447 g/mol. The lowest BCUT2D eigenvalue weighted by Gasteiger charge is -2.10. The standard InChI is InChI=1S/C23H18N4O2S2/c28-19(16-8-9-18-17(11-16)12-21(29)24-18)14-31-23-26-25-22(20-7-4-10-30-20)27(23)13-15-5-2-1-3-6-15/h1-11H,12-14H2,(H,24,29). The number of carbonyl (C=O) groups is 2. The number of hydrogen-bond acceptors (Lipinski definition) is 6. The highest BCUT2D eigenvalue weighted by molar-refractivity contribution is 7.99. The maximum absolute atomic E-state index is 12.8. The first-order valence-electron chi connectivity index (χ1n) is 9.77. The van der Waals surface area contributed by atoms with Crippen molar-refractivity contribution in [2.45, 2.75) is 18.1 Å². The van der Waals surface area contributed by atoms with Crippen LogP contribution in [0, 0.1) is 0 Å². The van der Waals surface area contributed by atoms with Crippen LogP contribution in [0.5, 0.6) is 0 Å². The molecular weight excluding hydrogens is 428 g/mol. The van der Waals surface area contributed by atoms with Gasteiger partial charge in [0, 0.05) is 11.3 Å². The number of anilines is 1. The lowest BCUT2D eigenvalue weighted by Crippen LogP contribution is -2.07. The molecule has 2 aromatic carbocycles. The van der Waals surface area contributed by atoms with E-state index in [1.54, 1.807) is 23.5 Å². The molecule has 0 unspecified atom stereocenters. The van der Waals surface area contributed by atoms with E-state index in [2.05, 4.69) is 32.2 Å². The molecule has 0 saturated heterocycles. The van der Waals surface area contributed by atoms with E-state index in [-0.39, 0.29) is 17.4 Å². The minimum atomic E-state index is -0.0379. The number of carbonyl (C=O) groups excluding carboxylic acids is 2. The van der Waals surface area contributed by atoms with Crippen LogP contribution in [-0.2, 0) is 17.8 Å². The van der Waals surface area contributed by atoms with Gasteiger partial charge in [0.05, 0.1) is 23.6 Å². The van der Waals surface area contributed by atoms with Crippen molar-refractivity contribution in [2.24, 2.45) is 0 Å². The van der Waals surface area contributed by atoms with Crippen molar-refractivity contribution in [1.82, 2.24) is 14.8 Å². The summed E-state index contributed by atoms with van der Waals surface area (Å²) < 4.78 is 2.06. The Bertz CT molecular complexity index is 1250. The smallest absolute Gasteiger partial charge is 0.228 e. The average Bonchev–Trinajstić information content (AvgIpc) is 3.51. The van der Waals surface area contributed by atoms with Crippen molar-refractivity contribution in [3.63, 3.8) is 0 Å². The minimum absolute atomic E-state index is 0.000848.